The number of carbonyl (C=O) groups excluding carboxylic acids is 1. The Hall–Kier alpha value is -3.16. The van der Waals surface area contributed by atoms with Crippen molar-refractivity contribution >= 4 is 11.6 Å². The third kappa shape index (κ3) is 4.23. The Balaban J connectivity index is 1.57. The van der Waals surface area contributed by atoms with Crippen LogP contribution >= 0.6 is 0 Å². The molecule has 1 amide bonds. The highest BCUT2D eigenvalue weighted by Crippen LogP contribution is 2.17. The number of aromatic nitrogens is 2. The first-order valence-electron chi connectivity index (χ1n) is 7.35. The zero-order valence-corrected chi connectivity index (χ0v) is 12.8. The average molecular weight is 347 g/mol. The van der Waals surface area contributed by atoms with E-state index in [1.54, 1.807) is 0 Å². The number of nitrogens with zero attached hydrogens (tertiary/aromatic N) is 2. The first-order valence-corrected chi connectivity index (χ1v) is 7.35. The van der Waals surface area contributed by atoms with Crippen molar-refractivity contribution in [2.24, 2.45) is 0 Å². The van der Waals surface area contributed by atoms with Gasteiger partial charge in [-0.25, -0.2) is 13.2 Å². The molecular weight excluding hydrogens is 335 g/mol. The minimum absolute atomic E-state index is 0.0179. The van der Waals surface area contributed by atoms with Gasteiger partial charge in [0.15, 0.2) is 11.6 Å². The summed E-state index contributed by atoms with van der Waals surface area (Å²) in [5.74, 6) is -2.29. The number of hydrogen-bond acceptors (Lipinski definition) is 4. The van der Waals surface area contributed by atoms with Gasteiger partial charge < -0.3 is 9.84 Å². The first kappa shape index (κ1) is 16.7. The monoisotopic (exact) mass is 347 g/mol. The molecule has 1 heterocycles. The van der Waals surface area contributed by atoms with Gasteiger partial charge in [0.1, 0.15) is 5.82 Å². The predicted octanol–water partition coefficient (Wildman–Crippen LogP) is 3.73. The molecule has 1 N–H and O–H groups in total. The van der Waals surface area contributed by atoms with Crippen LogP contribution in [0.1, 0.15) is 12.3 Å². The lowest BCUT2D eigenvalue weighted by Crippen LogP contribution is -2.12. The molecule has 0 radical (unpaired) electrons. The average Bonchev–Trinajstić information content (AvgIpc) is 3.06. The molecular formula is C17H12F3N3O2. The molecule has 25 heavy (non-hydrogen) atoms. The van der Waals surface area contributed by atoms with Crippen LogP contribution in [-0.4, -0.2) is 16.0 Å². The van der Waals surface area contributed by atoms with Crippen LogP contribution in [0.3, 0.4) is 0 Å². The lowest BCUT2D eigenvalue weighted by molar-refractivity contribution is -0.116. The van der Waals surface area contributed by atoms with E-state index < -0.39 is 17.5 Å². The van der Waals surface area contributed by atoms with Crippen LogP contribution in [0.4, 0.5) is 18.9 Å². The van der Waals surface area contributed by atoms with Gasteiger partial charge in [0, 0.05) is 30.2 Å². The Morgan fingerprint density at radius 3 is 2.52 bits per heavy atom. The van der Waals surface area contributed by atoms with E-state index in [0.717, 1.165) is 12.1 Å². The van der Waals surface area contributed by atoms with Crippen LogP contribution in [0, 0.1) is 17.5 Å². The van der Waals surface area contributed by atoms with Crippen LogP contribution in [-0.2, 0) is 11.2 Å². The first-order chi connectivity index (χ1) is 12.0. The van der Waals surface area contributed by atoms with Crippen molar-refractivity contribution in [3.8, 4) is 11.4 Å². The number of benzene rings is 2. The SMILES string of the molecule is O=C(CCc1nc(-c2ccc(F)cc2)no1)Nc1ccc(F)c(F)c1. The summed E-state index contributed by atoms with van der Waals surface area (Å²) >= 11 is 0. The molecule has 0 saturated carbocycles. The van der Waals surface area contributed by atoms with Gasteiger partial charge in [-0.3, -0.25) is 4.79 Å². The fourth-order valence-corrected chi connectivity index (χ4v) is 2.09. The van der Waals surface area contributed by atoms with Crippen LogP contribution in [0.2, 0.25) is 0 Å². The van der Waals surface area contributed by atoms with Gasteiger partial charge in [0.2, 0.25) is 17.6 Å². The molecule has 0 unspecified atom stereocenters. The van der Waals surface area contributed by atoms with E-state index in [1.807, 2.05) is 0 Å². The van der Waals surface area contributed by atoms with Gasteiger partial charge in [-0.05, 0) is 36.4 Å². The zero-order valence-electron chi connectivity index (χ0n) is 12.8. The van der Waals surface area contributed by atoms with Gasteiger partial charge >= 0.3 is 0 Å². The summed E-state index contributed by atoms with van der Waals surface area (Å²) in [5, 5.41) is 6.22. The van der Waals surface area contributed by atoms with Crippen molar-refractivity contribution in [3.63, 3.8) is 0 Å². The number of halogens is 3. The minimum Gasteiger partial charge on any atom is -0.339 e. The van der Waals surface area contributed by atoms with Crippen molar-refractivity contribution in [3.05, 3.63) is 65.8 Å². The molecule has 2 aromatic carbocycles. The van der Waals surface area contributed by atoms with Crippen molar-refractivity contribution in [1.82, 2.24) is 10.1 Å². The zero-order chi connectivity index (χ0) is 17.8. The normalized spacial score (nSPS) is 10.7. The van der Waals surface area contributed by atoms with E-state index in [2.05, 4.69) is 15.5 Å². The summed E-state index contributed by atoms with van der Waals surface area (Å²) in [5.41, 5.74) is 0.740. The molecule has 0 aliphatic heterocycles. The van der Waals surface area contributed by atoms with E-state index in [0.29, 0.717) is 5.56 Å². The number of rotatable bonds is 5. The number of anilines is 1. The summed E-state index contributed by atoms with van der Waals surface area (Å²) in [6.07, 6.45) is 0.188. The number of aryl methyl sites for hydroxylation is 1. The van der Waals surface area contributed by atoms with E-state index in [4.69, 9.17) is 4.52 Å². The van der Waals surface area contributed by atoms with Gasteiger partial charge in [0.25, 0.3) is 0 Å². The van der Waals surface area contributed by atoms with Crippen molar-refractivity contribution in [2.45, 2.75) is 12.8 Å². The van der Waals surface area contributed by atoms with Crippen LogP contribution in [0.25, 0.3) is 11.4 Å². The summed E-state index contributed by atoms with van der Waals surface area (Å²) in [6.45, 7) is 0. The number of amides is 1. The smallest absolute Gasteiger partial charge is 0.227 e. The molecule has 0 aliphatic carbocycles. The second kappa shape index (κ2) is 7.16. The summed E-state index contributed by atoms with van der Waals surface area (Å²) in [4.78, 5) is 16.0. The number of carbonyl (C=O) groups is 1. The summed E-state index contributed by atoms with van der Waals surface area (Å²) in [6, 6.07) is 8.67. The van der Waals surface area contributed by atoms with Crippen molar-refractivity contribution < 1.29 is 22.5 Å². The van der Waals surface area contributed by atoms with Gasteiger partial charge in [0.05, 0.1) is 0 Å². The highest BCUT2D eigenvalue weighted by molar-refractivity contribution is 5.90. The lowest BCUT2D eigenvalue weighted by Gasteiger charge is -2.04. The fraction of sp³-hybridized carbons (Fsp3) is 0.118. The predicted molar refractivity (Wildman–Crippen MR) is 83.0 cm³/mol. The molecule has 0 atom stereocenters. The highest BCUT2D eigenvalue weighted by Gasteiger charge is 2.12. The van der Waals surface area contributed by atoms with E-state index in [9.17, 15) is 18.0 Å². The second-order valence-corrected chi connectivity index (χ2v) is 5.20. The van der Waals surface area contributed by atoms with Crippen LogP contribution in [0.15, 0.2) is 47.0 Å². The molecule has 8 heteroatoms. The highest BCUT2D eigenvalue weighted by atomic mass is 19.2. The van der Waals surface area contributed by atoms with Crippen LogP contribution < -0.4 is 5.32 Å². The van der Waals surface area contributed by atoms with E-state index in [-0.39, 0.29) is 36.1 Å². The fourth-order valence-electron chi connectivity index (χ4n) is 2.09. The molecule has 1 aromatic heterocycles. The second-order valence-electron chi connectivity index (χ2n) is 5.20. The molecule has 0 fully saturated rings. The van der Waals surface area contributed by atoms with Crippen LogP contribution in [0.5, 0.6) is 0 Å². The quantitative estimate of drug-likeness (QED) is 0.764. The number of nitrogens with one attached hydrogen (secondary N) is 1. The summed E-state index contributed by atoms with van der Waals surface area (Å²) < 4.78 is 43.9. The standard InChI is InChI=1S/C17H12F3N3O2/c18-11-3-1-10(2-4-11)17-22-16(25-23-17)8-7-15(24)21-12-5-6-13(19)14(20)9-12/h1-6,9H,7-8H2,(H,21,24). The van der Waals surface area contributed by atoms with E-state index >= 15 is 0 Å². The third-order valence-electron chi connectivity index (χ3n) is 3.34. The summed E-state index contributed by atoms with van der Waals surface area (Å²) in [7, 11) is 0. The number of hydrogen-bond donors (Lipinski definition) is 1. The molecule has 5 nitrogen and oxygen atoms in total. The molecule has 0 aliphatic rings. The molecule has 128 valence electrons. The Morgan fingerprint density at radius 2 is 1.80 bits per heavy atom. The Kier molecular flexibility index (Phi) is 4.78. The Labute approximate surface area is 140 Å². The van der Waals surface area contributed by atoms with E-state index in [1.165, 1.54) is 30.3 Å². The maximum Gasteiger partial charge on any atom is 0.227 e. The Morgan fingerprint density at radius 1 is 1.04 bits per heavy atom. The van der Waals surface area contributed by atoms with Crippen molar-refractivity contribution in [2.75, 3.05) is 5.32 Å². The molecule has 0 spiro atoms. The molecule has 0 bridgehead atoms. The topological polar surface area (TPSA) is 68.0 Å². The molecule has 0 saturated heterocycles. The largest absolute Gasteiger partial charge is 0.339 e. The maximum absolute atomic E-state index is 13.1. The van der Waals surface area contributed by atoms with Gasteiger partial charge in [-0.15, -0.1) is 0 Å². The lowest BCUT2D eigenvalue weighted by atomic mass is 10.2. The van der Waals surface area contributed by atoms with Crippen molar-refractivity contribution in [1.29, 1.82) is 0 Å². The molecule has 3 rings (SSSR count). The molecule has 3 aromatic rings. The van der Waals surface area contributed by atoms with Gasteiger partial charge in [-0.2, -0.15) is 4.98 Å². The van der Waals surface area contributed by atoms with Gasteiger partial charge in [-0.1, -0.05) is 5.16 Å². The maximum atomic E-state index is 13.1. The third-order valence-corrected chi connectivity index (χ3v) is 3.34. The minimum atomic E-state index is -1.04. The Bertz CT molecular complexity index is 894.